The standard InChI is InChI=1S/C26H25N3O6/c1-16-5-7-18(8-6-16)26(32)35-22-14-9-19(15-23(22)34-4)17(2)28-29-25(31)24(30)27-20-10-12-21(33-3)13-11-20/h5-15H,1-4H3,(H,27,30)(H,29,31)/b28-17+. The Morgan fingerprint density at radius 1 is 0.771 bits per heavy atom. The molecule has 0 radical (unpaired) electrons. The van der Waals surface area contributed by atoms with Crippen LogP contribution in [-0.2, 0) is 9.59 Å². The second kappa shape index (κ2) is 11.5. The number of amides is 2. The van der Waals surface area contributed by atoms with Gasteiger partial charge in [0.2, 0.25) is 0 Å². The number of esters is 1. The van der Waals surface area contributed by atoms with E-state index in [9.17, 15) is 14.4 Å². The van der Waals surface area contributed by atoms with Crippen LogP contribution in [0.1, 0.15) is 28.4 Å². The molecule has 0 saturated heterocycles. The van der Waals surface area contributed by atoms with Gasteiger partial charge in [-0.25, -0.2) is 10.2 Å². The van der Waals surface area contributed by atoms with Gasteiger partial charge in [0.1, 0.15) is 5.75 Å². The highest BCUT2D eigenvalue weighted by Crippen LogP contribution is 2.29. The first-order valence-corrected chi connectivity index (χ1v) is 10.6. The van der Waals surface area contributed by atoms with Crippen LogP contribution in [0.15, 0.2) is 71.8 Å². The highest BCUT2D eigenvalue weighted by Gasteiger charge is 2.15. The summed E-state index contributed by atoms with van der Waals surface area (Å²) >= 11 is 0. The molecule has 9 heteroatoms. The lowest BCUT2D eigenvalue weighted by Gasteiger charge is -2.11. The minimum Gasteiger partial charge on any atom is -0.497 e. The Morgan fingerprint density at radius 3 is 2.06 bits per heavy atom. The van der Waals surface area contributed by atoms with Crippen molar-refractivity contribution in [2.24, 2.45) is 5.10 Å². The highest BCUT2D eigenvalue weighted by atomic mass is 16.6. The Labute approximate surface area is 202 Å². The third-order valence-corrected chi connectivity index (χ3v) is 4.95. The number of carbonyl (C=O) groups excluding carboxylic acids is 3. The van der Waals surface area contributed by atoms with Gasteiger partial charge in [-0.15, -0.1) is 0 Å². The molecule has 0 aliphatic carbocycles. The van der Waals surface area contributed by atoms with Crippen molar-refractivity contribution in [3.8, 4) is 17.2 Å². The molecule has 180 valence electrons. The van der Waals surface area contributed by atoms with Gasteiger partial charge in [0.15, 0.2) is 11.5 Å². The molecule has 0 atom stereocenters. The summed E-state index contributed by atoms with van der Waals surface area (Å²) in [5.74, 6) is -1.16. The van der Waals surface area contributed by atoms with E-state index in [2.05, 4.69) is 15.8 Å². The topological polar surface area (TPSA) is 115 Å². The number of carbonyl (C=O) groups is 3. The number of hydrogen-bond acceptors (Lipinski definition) is 7. The third-order valence-electron chi connectivity index (χ3n) is 4.95. The molecular formula is C26H25N3O6. The fraction of sp³-hybridized carbons (Fsp3) is 0.154. The molecule has 0 saturated carbocycles. The highest BCUT2D eigenvalue weighted by molar-refractivity contribution is 6.39. The van der Waals surface area contributed by atoms with Gasteiger partial charge in [0.25, 0.3) is 0 Å². The molecule has 3 aromatic carbocycles. The summed E-state index contributed by atoms with van der Waals surface area (Å²) in [6, 6.07) is 18.4. The van der Waals surface area contributed by atoms with E-state index < -0.39 is 17.8 Å². The summed E-state index contributed by atoms with van der Waals surface area (Å²) in [4.78, 5) is 36.7. The minimum atomic E-state index is -0.934. The molecular weight excluding hydrogens is 450 g/mol. The number of hydrazone groups is 1. The molecule has 35 heavy (non-hydrogen) atoms. The molecule has 0 fully saturated rings. The molecule has 2 N–H and O–H groups in total. The summed E-state index contributed by atoms with van der Waals surface area (Å²) < 4.78 is 15.9. The van der Waals surface area contributed by atoms with Crippen molar-refractivity contribution >= 4 is 29.2 Å². The zero-order valence-corrected chi connectivity index (χ0v) is 19.7. The fourth-order valence-corrected chi connectivity index (χ4v) is 2.94. The van der Waals surface area contributed by atoms with Gasteiger partial charge in [-0.3, -0.25) is 9.59 Å². The molecule has 2 amide bonds. The number of anilines is 1. The largest absolute Gasteiger partial charge is 0.497 e. The lowest BCUT2D eigenvalue weighted by atomic mass is 10.1. The number of methoxy groups -OCH3 is 2. The van der Waals surface area contributed by atoms with Crippen LogP contribution >= 0.6 is 0 Å². The fourth-order valence-electron chi connectivity index (χ4n) is 2.94. The molecule has 0 heterocycles. The van der Waals surface area contributed by atoms with Gasteiger partial charge in [-0.2, -0.15) is 5.10 Å². The molecule has 3 rings (SSSR count). The van der Waals surface area contributed by atoms with Crippen molar-refractivity contribution in [2.75, 3.05) is 19.5 Å². The average molecular weight is 476 g/mol. The smallest absolute Gasteiger partial charge is 0.343 e. The first kappa shape index (κ1) is 25.0. The summed E-state index contributed by atoms with van der Waals surface area (Å²) in [5.41, 5.74) is 5.10. The number of ether oxygens (including phenoxy) is 3. The first-order chi connectivity index (χ1) is 16.8. The predicted molar refractivity (Wildman–Crippen MR) is 131 cm³/mol. The van der Waals surface area contributed by atoms with E-state index in [0.717, 1.165) is 5.56 Å². The Kier molecular flexibility index (Phi) is 8.18. The maximum absolute atomic E-state index is 12.4. The lowest BCUT2D eigenvalue weighted by Crippen LogP contribution is -2.32. The number of aryl methyl sites for hydroxylation is 1. The average Bonchev–Trinajstić information content (AvgIpc) is 2.88. The molecule has 0 bridgehead atoms. The van der Waals surface area contributed by atoms with Crippen LogP contribution in [0.4, 0.5) is 5.69 Å². The Balaban J connectivity index is 1.64. The van der Waals surface area contributed by atoms with Crippen LogP contribution in [0, 0.1) is 6.92 Å². The second-order valence-electron chi connectivity index (χ2n) is 7.44. The molecule has 0 spiro atoms. The summed E-state index contributed by atoms with van der Waals surface area (Å²) in [6.45, 7) is 3.57. The number of hydrogen-bond donors (Lipinski definition) is 2. The summed E-state index contributed by atoms with van der Waals surface area (Å²) in [5, 5.41) is 6.45. The number of rotatable bonds is 7. The van der Waals surface area contributed by atoms with Crippen LogP contribution in [0.3, 0.4) is 0 Å². The Bertz CT molecular complexity index is 1250. The van der Waals surface area contributed by atoms with Crippen LogP contribution in [-0.4, -0.2) is 37.7 Å². The van der Waals surface area contributed by atoms with Crippen molar-refractivity contribution in [1.82, 2.24) is 5.43 Å². The van der Waals surface area contributed by atoms with Gasteiger partial charge >= 0.3 is 17.8 Å². The van der Waals surface area contributed by atoms with Crippen LogP contribution in [0.5, 0.6) is 17.2 Å². The Hall–Kier alpha value is -4.66. The van der Waals surface area contributed by atoms with E-state index in [1.165, 1.54) is 14.2 Å². The van der Waals surface area contributed by atoms with Crippen LogP contribution in [0.25, 0.3) is 0 Å². The van der Waals surface area contributed by atoms with E-state index >= 15 is 0 Å². The lowest BCUT2D eigenvalue weighted by molar-refractivity contribution is -0.136. The number of nitrogens with one attached hydrogen (secondary N) is 2. The zero-order valence-electron chi connectivity index (χ0n) is 19.7. The van der Waals surface area contributed by atoms with E-state index in [1.54, 1.807) is 61.5 Å². The maximum Gasteiger partial charge on any atom is 0.343 e. The van der Waals surface area contributed by atoms with Gasteiger partial charge < -0.3 is 19.5 Å². The van der Waals surface area contributed by atoms with Gasteiger partial charge in [0.05, 0.1) is 25.5 Å². The zero-order chi connectivity index (χ0) is 25.4. The van der Waals surface area contributed by atoms with E-state index in [4.69, 9.17) is 14.2 Å². The third kappa shape index (κ3) is 6.67. The quantitative estimate of drug-likeness (QED) is 0.177. The second-order valence-corrected chi connectivity index (χ2v) is 7.44. The summed E-state index contributed by atoms with van der Waals surface area (Å²) in [6.07, 6.45) is 0. The molecule has 0 aromatic heterocycles. The van der Waals surface area contributed by atoms with Crippen LogP contribution < -0.4 is 25.0 Å². The van der Waals surface area contributed by atoms with E-state index in [0.29, 0.717) is 34.0 Å². The van der Waals surface area contributed by atoms with Crippen LogP contribution in [0.2, 0.25) is 0 Å². The van der Waals surface area contributed by atoms with Crippen molar-refractivity contribution in [3.63, 3.8) is 0 Å². The number of benzene rings is 3. The van der Waals surface area contributed by atoms with E-state index in [-0.39, 0.29) is 5.75 Å². The predicted octanol–water partition coefficient (Wildman–Crippen LogP) is 3.71. The first-order valence-electron chi connectivity index (χ1n) is 10.6. The summed E-state index contributed by atoms with van der Waals surface area (Å²) in [7, 11) is 2.97. The normalized spacial score (nSPS) is 10.8. The molecule has 0 aliphatic heterocycles. The van der Waals surface area contributed by atoms with Crippen molar-refractivity contribution in [1.29, 1.82) is 0 Å². The Morgan fingerprint density at radius 2 is 1.43 bits per heavy atom. The van der Waals surface area contributed by atoms with Gasteiger partial charge in [0, 0.05) is 11.3 Å². The maximum atomic E-state index is 12.4. The van der Waals surface area contributed by atoms with Crippen molar-refractivity contribution in [2.45, 2.75) is 13.8 Å². The minimum absolute atomic E-state index is 0.234. The monoisotopic (exact) mass is 475 g/mol. The van der Waals surface area contributed by atoms with Gasteiger partial charge in [-0.05, 0) is 68.4 Å². The van der Waals surface area contributed by atoms with E-state index in [1.807, 2.05) is 19.1 Å². The molecule has 9 nitrogen and oxygen atoms in total. The molecule has 0 aliphatic rings. The SMILES string of the molecule is COc1ccc(NC(=O)C(=O)N/N=C(\C)c2ccc(OC(=O)c3ccc(C)cc3)c(OC)c2)cc1. The molecule has 0 unspecified atom stereocenters. The molecule has 3 aromatic rings. The van der Waals surface area contributed by atoms with Crippen molar-refractivity contribution < 1.29 is 28.6 Å². The van der Waals surface area contributed by atoms with Crippen molar-refractivity contribution in [3.05, 3.63) is 83.4 Å². The van der Waals surface area contributed by atoms with Gasteiger partial charge in [-0.1, -0.05) is 17.7 Å². The number of nitrogens with zero attached hydrogens (tertiary/aromatic N) is 1.